The van der Waals surface area contributed by atoms with Crippen molar-refractivity contribution < 1.29 is 9.90 Å². The molecule has 0 aliphatic carbocycles. The minimum Gasteiger partial charge on any atom is -0.481 e. The number of unbranched alkanes of at least 4 members (excludes halogenated alkanes) is 15. The molecule has 2 heteroatoms. The molecule has 0 bridgehead atoms. The van der Waals surface area contributed by atoms with Crippen LogP contribution in [-0.4, -0.2) is 11.1 Å². The van der Waals surface area contributed by atoms with Gasteiger partial charge >= 0.3 is 5.97 Å². The van der Waals surface area contributed by atoms with Gasteiger partial charge in [-0.1, -0.05) is 108 Å². The summed E-state index contributed by atoms with van der Waals surface area (Å²) in [6, 6.07) is 0. The molecule has 0 aromatic rings. The molecule has 158 valence electrons. The summed E-state index contributed by atoms with van der Waals surface area (Å²) in [4.78, 5) is 10.4. The quantitative estimate of drug-likeness (QED) is 0.160. The number of hydrogen-bond acceptors (Lipinski definition) is 1. The number of carboxylic acid groups (broad SMARTS) is 1. The second-order valence-electron chi connectivity index (χ2n) is 7.85. The van der Waals surface area contributed by atoms with Crippen LogP contribution in [0.15, 0.2) is 24.3 Å². The van der Waals surface area contributed by atoms with Gasteiger partial charge in [-0.15, -0.1) is 0 Å². The van der Waals surface area contributed by atoms with E-state index in [4.69, 9.17) is 5.11 Å². The Bertz CT molecular complexity index is 357. The maximum atomic E-state index is 10.4. The van der Waals surface area contributed by atoms with Crippen molar-refractivity contribution in [3.05, 3.63) is 24.3 Å². The van der Waals surface area contributed by atoms with E-state index in [1.807, 2.05) is 0 Å². The molecule has 0 aromatic carbocycles. The Hall–Kier alpha value is -1.05. The topological polar surface area (TPSA) is 37.3 Å². The highest BCUT2D eigenvalue weighted by molar-refractivity contribution is 5.66. The van der Waals surface area contributed by atoms with Gasteiger partial charge in [0.15, 0.2) is 0 Å². The summed E-state index contributed by atoms with van der Waals surface area (Å²) in [7, 11) is 0. The van der Waals surface area contributed by atoms with Crippen LogP contribution in [0.5, 0.6) is 0 Å². The van der Waals surface area contributed by atoms with Crippen LogP contribution < -0.4 is 0 Å². The van der Waals surface area contributed by atoms with Gasteiger partial charge in [0.2, 0.25) is 0 Å². The zero-order valence-electron chi connectivity index (χ0n) is 18.1. The fourth-order valence-corrected chi connectivity index (χ4v) is 3.33. The second-order valence-corrected chi connectivity index (χ2v) is 7.85. The first kappa shape index (κ1) is 26.0. The van der Waals surface area contributed by atoms with Crippen LogP contribution >= 0.6 is 0 Å². The van der Waals surface area contributed by atoms with E-state index in [1.54, 1.807) is 0 Å². The largest absolute Gasteiger partial charge is 0.481 e. The molecule has 2 nitrogen and oxygen atoms in total. The van der Waals surface area contributed by atoms with Crippen molar-refractivity contribution in [1.82, 2.24) is 0 Å². The molecule has 0 rings (SSSR count). The number of carboxylic acids is 1. The van der Waals surface area contributed by atoms with Crippen molar-refractivity contribution in [3.8, 4) is 0 Å². The summed E-state index contributed by atoms with van der Waals surface area (Å²) < 4.78 is 0. The second kappa shape index (κ2) is 23.0. The van der Waals surface area contributed by atoms with Gasteiger partial charge in [-0.3, -0.25) is 4.79 Å². The number of aliphatic carboxylic acids is 1. The van der Waals surface area contributed by atoms with Crippen molar-refractivity contribution >= 4 is 5.97 Å². The smallest absolute Gasteiger partial charge is 0.303 e. The lowest BCUT2D eigenvalue weighted by atomic mass is 10.1. The SMILES string of the molecule is CCCCCCCCCCC=CCC=CCCCCCCCCCC(=O)O. The molecule has 0 fully saturated rings. The van der Waals surface area contributed by atoms with Crippen LogP contribution in [0.2, 0.25) is 0 Å². The average Bonchev–Trinajstić information content (AvgIpc) is 2.65. The van der Waals surface area contributed by atoms with E-state index in [0.717, 1.165) is 19.3 Å². The highest BCUT2D eigenvalue weighted by Crippen LogP contribution is 2.11. The van der Waals surface area contributed by atoms with E-state index >= 15 is 0 Å². The molecular weight excluding hydrogens is 332 g/mol. The maximum Gasteiger partial charge on any atom is 0.303 e. The van der Waals surface area contributed by atoms with E-state index in [2.05, 4.69) is 31.2 Å². The van der Waals surface area contributed by atoms with Gasteiger partial charge < -0.3 is 5.11 Å². The van der Waals surface area contributed by atoms with Crippen molar-refractivity contribution in [1.29, 1.82) is 0 Å². The van der Waals surface area contributed by atoms with Crippen molar-refractivity contribution in [2.45, 2.75) is 129 Å². The molecule has 27 heavy (non-hydrogen) atoms. The Kier molecular flexibility index (Phi) is 22.1. The third-order valence-electron chi connectivity index (χ3n) is 5.09. The monoisotopic (exact) mass is 378 g/mol. The Balaban J connectivity index is 3.17. The fourth-order valence-electron chi connectivity index (χ4n) is 3.33. The summed E-state index contributed by atoms with van der Waals surface area (Å²) in [6.07, 6.45) is 32.6. The highest BCUT2D eigenvalue weighted by Gasteiger charge is 1.96. The third-order valence-corrected chi connectivity index (χ3v) is 5.09. The molecule has 0 radical (unpaired) electrons. The molecule has 0 amide bonds. The Morgan fingerprint density at radius 2 is 1.00 bits per heavy atom. The van der Waals surface area contributed by atoms with Gasteiger partial charge in [0.05, 0.1) is 0 Å². The molecule has 0 aliphatic heterocycles. The first-order valence-electron chi connectivity index (χ1n) is 11.8. The minimum atomic E-state index is -0.662. The van der Waals surface area contributed by atoms with Gasteiger partial charge in [-0.2, -0.15) is 0 Å². The lowest BCUT2D eigenvalue weighted by molar-refractivity contribution is -0.137. The zero-order valence-corrected chi connectivity index (χ0v) is 18.1. The third kappa shape index (κ3) is 24.9. The van der Waals surface area contributed by atoms with E-state index in [0.29, 0.717) is 6.42 Å². The molecule has 0 heterocycles. The van der Waals surface area contributed by atoms with Crippen LogP contribution in [0.25, 0.3) is 0 Å². The van der Waals surface area contributed by atoms with Crippen LogP contribution in [-0.2, 0) is 4.79 Å². The van der Waals surface area contributed by atoms with Gasteiger partial charge in [0.1, 0.15) is 0 Å². The summed E-state index contributed by atoms with van der Waals surface area (Å²) >= 11 is 0. The molecule has 0 aliphatic rings. The lowest BCUT2D eigenvalue weighted by Gasteiger charge is -2.00. The van der Waals surface area contributed by atoms with Crippen molar-refractivity contribution in [2.75, 3.05) is 0 Å². The van der Waals surface area contributed by atoms with Gasteiger partial charge in [0, 0.05) is 6.42 Å². The summed E-state index contributed by atoms with van der Waals surface area (Å²) in [5.74, 6) is -0.662. The molecule has 0 atom stereocenters. The van der Waals surface area contributed by atoms with E-state index in [1.165, 1.54) is 96.3 Å². The summed E-state index contributed by atoms with van der Waals surface area (Å²) in [5.41, 5.74) is 0. The first-order valence-corrected chi connectivity index (χ1v) is 11.8. The number of carbonyl (C=O) groups is 1. The molecule has 0 unspecified atom stereocenters. The Labute approximate surface area is 169 Å². The molecule has 0 saturated carbocycles. The lowest BCUT2D eigenvalue weighted by Crippen LogP contribution is -1.93. The predicted molar refractivity (Wildman–Crippen MR) is 119 cm³/mol. The van der Waals surface area contributed by atoms with Crippen molar-refractivity contribution in [3.63, 3.8) is 0 Å². The average molecular weight is 379 g/mol. The van der Waals surface area contributed by atoms with Crippen LogP contribution in [0.4, 0.5) is 0 Å². The van der Waals surface area contributed by atoms with E-state index in [-0.39, 0.29) is 0 Å². The molecule has 1 N–H and O–H groups in total. The standard InChI is InChI=1S/C25H46O2/c1-2-3-4-5-6-7-8-9-10-11-12-13-14-15-16-17-18-19-20-21-22-23-24-25(26)27/h11-12,14-15H,2-10,13,16-24H2,1H3,(H,26,27). The predicted octanol–water partition coefficient (Wildman–Crippen LogP) is 8.62. The van der Waals surface area contributed by atoms with Crippen LogP contribution in [0.3, 0.4) is 0 Å². The van der Waals surface area contributed by atoms with E-state index < -0.39 is 5.97 Å². The van der Waals surface area contributed by atoms with Crippen LogP contribution in [0, 0.1) is 0 Å². The van der Waals surface area contributed by atoms with Gasteiger partial charge in [-0.25, -0.2) is 0 Å². The number of allylic oxidation sites excluding steroid dienone is 4. The van der Waals surface area contributed by atoms with Crippen LogP contribution in [0.1, 0.15) is 129 Å². The minimum absolute atomic E-state index is 0.332. The molecular formula is C25H46O2. The van der Waals surface area contributed by atoms with Gasteiger partial charge in [0.25, 0.3) is 0 Å². The Morgan fingerprint density at radius 3 is 1.44 bits per heavy atom. The molecule has 0 spiro atoms. The molecule has 0 saturated heterocycles. The normalized spacial score (nSPS) is 11.7. The zero-order chi connectivity index (χ0) is 19.8. The highest BCUT2D eigenvalue weighted by atomic mass is 16.4. The summed E-state index contributed by atoms with van der Waals surface area (Å²) in [5, 5.41) is 8.57. The number of hydrogen-bond donors (Lipinski definition) is 1. The summed E-state index contributed by atoms with van der Waals surface area (Å²) in [6.45, 7) is 2.28. The van der Waals surface area contributed by atoms with E-state index in [9.17, 15) is 4.79 Å². The Morgan fingerprint density at radius 1 is 0.593 bits per heavy atom. The molecule has 0 aromatic heterocycles. The van der Waals surface area contributed by atoms with Crippen molar-refractivity contribution in [2.24, 2.45) is 0 Å². The fraction of sp³-hybridized carbons (Fsp3) is 0.800. The van der Waals surface area contributed by atoms with Gasteiger partial charge in [-0.05, 0) is 38.5 Å². The first-order chi connectivity index (χ1) is 13.3. The maximum absolute atomic E-state index is 10.4. The number of rotatable bonds is 21.